The maximum atomic E-state index is 12.1. The molecule has 1 heterocycles. The molecule has 1 aromatic rings. The summed E-state index contributed by atoms with van der Waals surface area (Å²) in [6.07, 6.45) is 1.04. The number of hydrogen-bond acceptors (Lipinski definition) is 4. The Hall–Kier alpha value is -0.420. The molecule has 0 bridgehead atoms. The molecule has 96 valence electrons. The Morgan fingerprint density at radius 2 is 2.29 bits per heavy atom. The van der Waals surface area contributed by atoms with Gasteiger partial charge in [0.2, 0.25) is 0 Å². The van der Waals surface area contributed by atoms with Crippen molar-refractivity contribution in [2.75, 3.05) is 27.2 Å². The van der Waals surface area contributed by atoms with Crippen molar-refractivity contribution in [1.29, 1.82) is 0 Å². The highest BCUT2D eigenvalue weighted by Crippen LogP contribution is 2.23. The molecule has 0 radical (unpaired) electrons. The van der Waals surface area contributed by atoms with Gasteiger partial charge in [-0.1, -0.05) is 11.6 Å². The molecule has 0 saturated carbocycles. The van der Waals surface area contributed by atoms with Crippen LogP contribution in [0.2, 0.25) is 4.34 Å². The number of Topliss-reactive ketones (excluding diaryl/α,β-unsaturated/α-hetero) is 1. The van der Waals surface area contributed by atoms with Crippen LogP contribution in [-0.2, 0) is 0 Å². The quantitative estimate of drug-likeness (QED) is 0.613. The highest BCUT2D eigenvalue weighted by atomic mass is 35.5. The standard InChI is InChI=1S/C12H19ClN2OS/c1-9(15(3)8-4-7-14-2)12(16)10-5-6-11(13)17-10/h5-6,9,14H,4,7-8H2,1-3H3. The van der Waals surface area contributed by atoms with Crippen molar-refractivity contribution in [2.45, 2.75) is 19.4 Å². The van der Waals surface area contributed by atoms with Gasteiger partial charge in [0, 0.05) is 0 Å². The molecule has 0 aliphatic heterocycles. The number of ketones is 1. The van der Waals surface area contributed by atoms with Gasteiger partial charge in [-0.05, 0) is 52.7 Å². The molecule has 0 fully saturated rings. The molecule has 0 aromatic carbocycles. The summed E-state index contributed by atoms with van der Waals surface area (Å²) < 4.78 is 0.665. The molecule has 5 heteroatoms. The number of halogens is 1. The lowest BCUT2D eigenvalue weighted by molar-refractivity contribution is 0.0872. The van der Waals surface area contributed by atoms with Crippen molar-refractivity contribution in [3.8, 4) is 0 Å². The molecule has 0 saturated heterocycles. The maximum Gasteiger partial charge on any atom is 0.189 e. The Labute approximate surface area is 112 Å². The third kappa shape index (κ3) is 4.39. The van der Waals surface area contributed by atoms with Crippen LogP contribution in [0.4, 0.5) is 0 Å². The van der Waals surface area contributed by atoms with E-state index < -0.39 is 0 Å². The van der Waals surface area contributed by atoms with Crippen LogP contribution in [-0.4, -0.2) is 43.9 Å². The van der Waals surface area contributed by atoms with Gasteiger partial charge in [-0.25, -0.2) is 0 Å². The lowest BCUT2D eigenvalue weighted by atomic mass is 10.1. The van der Waals surface area contributed by atoms with Crippen LogP contribution in [0.1, 0.15) is 23.0 Å². The van der Waals surface area contributed by atoms with Crippen LogP contribution in [0.5, 0.6) is 0 Å². The van der Waals surface area contributed by atoms with Crippen LogP contribution in [0, 0.1) is 0 Å². The van der Waals surface area contributed by atoms with E-state index in [1.165, 1.54) is 11.3 Å². The molecular weight excluding hydrogens is 256 g/mol. The maximum absolute atomic E-state index is 12.1. The van der Waals surface area contributed by atoms with E-state index in [1.807, 2.05) is 21.0 Å². The van der Waals surface area contributed by atoms with E-state index in [9.17, 15) is 4.79 Å². The Bertz CT molecular complexity index is 367. The Kier molecular flexibility index (Phi) is 6.12. The van der Waals surface area contributed by atoms with E-state index >= 15 is 0 Å². The number of carbonyl (C=O) groups is 1. The lowest BCUT2D eigenvalue weighted by Gasteiger charge is -2.22. The highest BCUT2D eigenvalue weighted by molar-refractivity contribution is 7.18. The first-order chi connectivity index (χ1) is 8.06. The van der Waals surface area contributed by atoms with Crippen molar-refractivity contribution in [3.63, 3.8) is 0 Å². The number of nitrogens with one attached hydrogen (secondary N) is 1. The molecule has 0 amide bonds. The Morgan fingerprint density at radius 3 is 2.82 bits per heavy atom. The van der Waals surface area contributed by atoms with Gasteiger partial charge in [0.15, 0.2) is 5.78 Å². The zero-order chi connectivity index (χ0) is 12.8. The molecule has 17 heavy (non-hydrogen) atoms. The normalized spacial score (nSPS) is 13.0. The van der Waals surface area contributed by atoms with Crippen LogP contribution in [0.25, 0.3) is 0 Å². The van der Waals surface area contributed by atoms with Gasteiger partial charge in [-0.2, -0.15) is 0 Å². The first kappa shape index (κ1) is 14.6. The summed E-state index contributed by atoms with van der Waals surface area (Å²) in [5.74, 6) is 0.147. The number of carbonyl (C=O) groups excluding carboxylic acids is 1. The number of likely N-dealkylation sites (N-methyl/N-ethyl adjacent to an activating group) is 1. The molecular formula is C12H19ClN2OS. The minimum Gasteiger partial charge on any atom is -0.320 e. The summed E-state index contributed by atoms with van der Waals surface area (Å²) in [6, 6.07) is 3.47. The largest absolute Gasteiger partial charge is 0.320 e. The third-order valence-corrected chi connectivity index (χ3v) is 4.04. The fraction of sp³-hybridized carbons (Fsp3) is 0.583. The van der Waals surface area contributed by atoms with Crippen molar-refractivity contribution >= 4 is 28.7 Å². The van der Waals surface area contributed by atoms with E-state index in [-0.39, 0.29) is 11.8 Å². The first-order valence-electron chi connectivity index (χ1n) is 5.70. The van der Waals surface area contributed by atoms with Crippen LogP contribution < -0.4 is 5.32 Å². The van der Waals surface area contributed by atoms with Gasteiger partial charge in [-0.15, -0.1) is 11.3 Å². The van der Waals surface area contributed by atoms with Gasteiger partial charge in [0.1, 0.15) is 0 Å². The minimum atomic E-state index is -0.0958. The lowest BCUT2D eigenvalue weighted by Crippen LogP contribution is -2.37. The van der Waals surface area contributed by atoms with Crippen LogP contribution >= 0.6 is 22.9 Å². The third-order valence-electron chi connectivity index (χ3n) is 2.79. The Morgan fingerprint density at radius 1 is 1.59 bits per heavy atom. The van der Waals surface area contributed by atoms with Gasteiger partial charge >= 0.3 is 0 Å². The zero-order valence-electron chi connectivity index (χ0n) is 10.5. The fourth-order valence-corrected chi connectivity index (χ4v) is 2.62. The summed E-state index contributed by atoms with van der Waals surface area (Å²) in [7, 11) is 3.91. The second kappa shape index (κ2) is 7.11. The smallest absolute Gasteiger partial charge is 0.189 e. The SMILES string of the molecule is CNCCCN(C)C(C)C(=O)c1ccc(Cl)s1. The van der Waals surface area contributed by atoms with Gasteiger partial charge in [-0.3, -0.25) is 9.69 Å². The summed E-state index contributed by atoms with van der Waals surface area (Å²) in [4.78, 5) is 14.9. The van der Waals surface area contributed by atoms with Gasteiger partial charge in [0.05, 0.1) is 15.3 Å². The summed E-state index contributed by atoms with van der Waals surface area (Å²) in [5, 5.41) is 3.10. The predicted molar refractivity (Wildman–Crippen MR) is 74.3 cm³/mol. The first-order valence-corrected chi connectivity index (χ1v) is 6.90. The van der Waals surface area contributed by atoms with Gasteiger partial charge < -0.3 is 5.32 Å². The molecule has 1 rings (SSSR count). The molecule has 0 aliphatic carbocycles. The number of nitrogens with zero attached hydrogens (tertiary/aromatic N) is 1. The predicted octanol–water partition coefficient (Wildman–Crippen LogP) is 2.51. The van der Waals surface area contributed by atoms with Crippen molar-refractivity contribution in [3.05, 3.63) is 21.3 Å². The molecule has 3 nitrogen and oxygen atoms in total. The fourth-order valence-electron chi connectivity index (χ4n) is 1.55. The number of rotatable bonds is 7. The minimum absolute atomic E-state index is 0.0958. The molecule has 1 unspecified atom stereocenters. The highest BCUT2D eigenvalue weighted by Gasteiger charge is 2.20. The zero-order valence-corrected chi connectivity index (χ0v) is 12.1. The van der Waals surface area contributed by atoms with E-state index in [1.54, 1.807) is 12.1 Å². The van der Waals surface area contributed by atoms with E-state index in [0.717, 1.165) is 24.4 Å². The second-order valence-electron chi connectivity index (χ2n) is 4.08. The summed E-state index contributed by atoms with van der Waals surface area (Å²) >= 11 is 7.18. The van der Waals surface area contributed by atoms with Crippen LogP contribution in [0.3, 0.4) is 0 Å². The van der Waals surface area contributed by atoms with Crippen molar-refractivity contribution in [2.24, 2.45) is 0 Å². The van der Waals surface area contributed by atoms with E-state index in [4.69, 9.17) is 11.6 Å². The molecule has 1 atom stereocenters. The van der Waals surface area contributed by atoms with Gasteiger partial charge in [0.25, 0.3) is 0 Å². The molecule has 0 spiro atoms. The van der Waals surface area contributed by atoms with E-state index in [2.05, 4.69) is 10.2 Å². The average molecular weight is 275 g/mol. The second-order valence-corrected chi connectivity index (χ2v) is 5.80. The molecule has 1 N–H and O–H groups in total. The van der Waals surface area contributed by atoms with E-state index in [0.29, 0.717) is 4.34 Å². The number of hydrogen-bond donors (Lipinski definition) is 1. The number of thiophene rings is 1. The Balaban J connectivity index is 2.51. The van der Waals surface area contributed by atoms with Crippen LogP contribution in [0.15, 0.2) is 12.1 Å². The topological polar surface area (TPSA) is 32.3 Å². The monoisotopic (exact) mass is 274 g/mol. The van der Waals surface area contributed by atoms with Crippen molar-refractivity contribution < 1.29 is 4.79 Å². The summed E-state index contributed by atoms with van der Waals surface area (Å²) in [6.45, 7) is 3.82. The molecule has 1 aromatic heterocycles. The van der Waals surface area contributed by atoms with Crippen molar-refractivity contribution in [1.82, 2.24) is 10.2 Å². The summed E-state index contributed by atoms with van der Waals surface area (Å²) in [5.41, 5.74) is 0. The molecule has 0 aliphatic rings. The average Bonchev–Trinajstić information content (AvgIpc) is 2.74.